The van der Waals surface area contributed by atoms with E-state index in [4.69, 9.17) is 4.74 Å². The molecule has 0 saturated carbocycles. The van der Waals surface area contributed by atoms with Gasteiger partial charge in [0.1, 0.15) is 5.75 Å². The van der Waals surface area contributed by atoms with Gasteiger partial charge in [0.05, 0.1) is 17.1 Å². The number of ether oxygens (including phenoxy) is 1. The highest BCUT2D eigenvalue weighted by Crippen LogP contribution is 2.44. The predicted octanol–water partition coefficient (Wildman–Crippen LogP) is 3.26. The molecule has 7 heteroatoms. The zero-order valence-corrected chi connectivity index (χ0v) is 12.3. The number of hydrogen-bond donors (Lipinski definition) is 2. The second-order valence-corrected chi connectivity index (χ2v) is 5.66. The zero-order chi connectivity index (χ0) is 16.1. The van der Waals surface area contributed by atoms with Crippen LogP contribution in [0.1, 0.15) is 25.1 Å². The number of hydrogen-bond acceptors (Lipinski definition) is 3. The van der Waals surface area contributed by atoms with Crippen molar-refractivity contribution in [3.8, 4) is 11.6 Å². The van der Waals surface area contributed by atoms with E-state index in [1.807, 2.05) is 0 Å². The van der Waals surface area contributed by atoms with E-state index in [-0.39, 0.29) is 23.1 Å². The molecule has 0 bridgehead atoms. The van der Waals surface area contributed by atoms with E-state index in [1.54, 1.807) is 19.9 Å². The van der Waals surface area contributed by atoms with E-state index >= 15 is 0 Å². The molecule has 2 heterocycles. The van der Waals surface area contributed by atoms with Crippen LogP contribution in [-0.2, 0) is 19.3 Å². The highest BCUT2D eigenvalue weighted by Gasteiger charge is 2.36. The quantitative estimate of drug-likeness (QED) is 0.894. The van der Waals surface area contributed by atoms with Gasteiger partial charge in [0.25, 0.3) is 0 Å². The van der Waals surface area contributed by atoms with E-state index in [2.05, 4.69) is 5.32 Å². The molecule has 1 aliphatic rings. The lowest BCUT2D eigenvalue weighted by Gasteiger charge is -2.17. The molecule has 0 fully saturated rings. The molecule has 4 nitrogen and oxygen atoms in total. The summed E-state index contributed by atoms with van der Waals surface area (Å²) in [7, 11) is 0. The smallest absolute Gasteiger partial charge is 0.417 e. The maximum absolute atomic E-state index is 13.4. The summed E-state index contributed by atoms with van der Waals surface area (Å²) in [4.78, 5) is 0. The fraction of sp³-hybridized carbons (Fsp3) is 0.467. The van der Waals surface area contributed by atoms with Crippen molar-refractivity contribution in [3.63, 3.8) is 0 Å². The summed E-state index contributed by atoms with van der Waals surface area (Å²) in [6.45, 7) is 4.97. The Hall–Kier alpha value is -1.89. The molecule has 0 aliphatic carbocycles. The second-order valence-electron chi connectivity index (χ2n) is 5.66. The van der Waals surface area contributed by atoms with Crippen molar-refractivity contribution in [1.82, 2.24) is 9.88 Å². The molecule has 0 spiro atoms. The summed E-state index contributed by atoms with van der Waals surface area (Å²) in [5.41, 5.74) is -0.210. The first kappa shape index (κ1) is 15.0. The number of halogens is 3. The molecular formula is C15H17F3N2O2. The van der Waals surface area contributed by atoms with Gasteiger partial charge in [-0.05, 0) is 26.0 Å². The Labute approximate surface area is 125 Å². The Balaban J connectivity index is 2.32. The lowest BCUT2D eigenvalue weighted by Crippen LogP contribution is -2.27. The fourth-order valence-corrected chi connectivity index (χ4v) is 2.89. The van der Waals surface area contributed by atoms with Crippen LogP contribution in [0.2, 0.25) is 0 Å². The lowest BCUT2D eigenvalue weighted by atomic mass is 10.1. The Kier molecular flexibility index (Phi) is 3.47. The van der Waals surface area contributed by atoms with Crippen molar-refractivity contribution in [1.29, 1.82) is 0 Å². The van der Waals surface area contributed by atoms with Crippen LogP contribution in [-0.4, -0.2) is 22.3 Å². The summed E-state index contributed by atoms with van der Waals surface area (Å²) in [6.07, 6.45) is -4.79. The van der Waals surface area contributed by atoms with Gasteiger partial charge in [-0.1, -0.05) is 0 Å². The highest BCUT2D eigenvalue weighted by atomic mass is 19.4. The number of aromatic nitrogens is 1. The maximum Gasteiger partial charge on any atom is 0.417 e. The summed E-state index contributed by atoms with van der Waals surface area (Å²) < 4.78 is 47.1. The van der Waals surface area contributed by atoms with Crippen molar-refractivity contribution in [2.45, 2.75) is 39.2 Å². The second kappa shape index (κ2) is 5.08. The molecule has 2 aromatic rings. The van der Waals surface area contributed by atoms with Crippen molar-refractivity contribution in [2.24, 2.45) is 0 Å². The van der Waals surface area contributed by atoms with Gasteiger partial charge in [-0.2, -0.15) is 13.2 Å². The first-order valence-corrected chi connectivity index (χ1v) is 7.11. The highest BCUT2D eigenvalue weighted by molar-refractivity contribution is 5.95. The largest absolute Gasteiger partial charge is 0.494 e. The van der Waals surface area contributed by atoms with Crippen LogP contribution in [0, 0.1) is 0 Å². The number of nitrogens with one attached hydrogen (secondary N) is 1. The SMILES string of the molecule is CC(C)Oc1cc(C(F)(F)F)c2c(O)n3c(c2c1)CNCC3. The van der Waals surface area contributed by atoms with Crippen molar-refractivity contribution < 1.29 is 23.0 Å². The maximum atomic E-state index is 13.4. The van der Waals surface area contributed by atoms with Gasteiger partial charge in [-0.15, -0.1) is 0 Å². The molecule has 2 N–H and O–H groups in total. The monoisotopic (exact) mass is 314 g/mol. The average Bonchev–Trinajstić information content (AvgIpc) is 2.71. The van der Waals surface area contributed by atoms with E-state index in [9.17, 15) is 18.3 Å². The Morgan fingerprint density at radius 1 is 1.32 bits per heavy atom. The first-order valence-electron chi connectivity index (χ1n) is 7.11. The molecule has 0 radical (unpaired) electrons. The van der Waals surface area contributed by atoms with Gasteiger partial charge in [-0.25, -0.2) is 0 Å². The number of alkyl halides is 3. The molecule has 0 amide bonds. The van der Waals surface area contributed by atoms with Crippen molar-refractivity contribution in [3.05, 3.63) is 23.4 Å². The Bertz CT molecular complexity index is 720. The number of aromatic hydroxyl groups is 1. The van der Waals surface area contributed by atoms with Gasteiger partial charge < -0.3 is 19.7 Å². The van der Waals surface area contributed by atoms with Crippen LogP contribution < -0.4 is 10.1 Å². The van der Waals surface area contributed by atoms with E-state index in [0.29, 0.717) is 30.7 Å². The Morgan fingerprint density at radius 3 is 2.68 bits per heavy atom. The minimum absolute atomic E-state index is 0.151. The molecule has 120 valence electrons. The lowest BCUT2D eigenvalue weighted by molar-refractivity contribution is -0.136. The standard InChI is InChI=1S/C15H17F3N2O2/c1-8(2)22-9-5-10-12-7-19-3-4-20(12)14(21)13(10)11(6-9)15(16,17)18/h5-6,8,19,21H,3-4,7H2,1-2H3. The van der Waals surface area contributed by atoms with Gasteiger partial charge in [0, 0.05) is 30.7 Å². The van der Waals surface area contributed by atoms with Gasteiger partial charge in [-0.3, -0.25) is 0 Å². The molecule has 1 aromatic carbocycles. The first-order chi connectivity index (χ1) is 10.3. The average molecular weight is 314 g/mol. The van der Waals surface area contributed by atoms with Crippen LogP contribution in [0.3, 0.4) is 0 Å². The van der Waals surface area contributed by atoms with Gasteiger partial charge in [0.15, 0.2) is 5.88 Å². The third-order valence-electron chi connectivity index (χ3n) is 3.71. The van der Waals surface area contributed by atoms with Crippen LogP contribution in [0.5, 0.6) is 11.6 Å². The minimum Gasteiger partial charge on any atom is -0.494 e. The summed E-state index contributed by atoms with van der Waals surface area (Å²) in [6, 6.07) is 2.53. The minimum atomic E-state index is -4.56. The fourth-order valence-electron chi connectivity index (χ4n) is 2.89. The number of benzene rings is 1. The van der Waals surface area contributed by atoms with Crippen LogP contribution in [0.25, 0.3) is 10.8 Å². The number of fused-ring (bicyclic) bond motifs is 3. The molecule has 22 heavy (non-hydrogen) atoms. The van der Waals surface area contributed by atoms with Crippen LogP contribution >= 0.6 is 0 Å². The van der Waals surface area contributed by atoms with Crippen LogP contribution in [0.4, 0.5) is 13.2 Å². The van der Waals surface area contributed by atoms with E-state index in [1.165, 1.54) is 4.57 Å². The van der Waals surface area contributed by atoms with Gasteiger partial charge >= 0.3 is 6.18 Å². The van der Waals surface area contributed by atoms with E-state index in [0.717, 1.165) is 6.07 Å². The Morgan fingerprint density at radius 2 is 2.05 bits per heavy atom. The van der Waals surface area contributed by atoms with Crippen molar-refractivity contribution in [2.75, 3.05) is 6.54 Å². The molecule has 0 saturated heterocycles. The summed E-state index contributed by atoms with van der Waals surface area (Å²) >= 11 is 0. The molecule has 0 atom stereocenters. The predicted molar refractivity (Wildman–Crippen MR) is 76.1 cm³/mol. The van der Waals surface area contributed by atoms with Crippen molar-refractivity contribution >= 4 is 10.8 Å². The van der Waals surface area contributed by atoms with E-state index < -0.39 is 11.7 Å². The molecule has 0 unspecified atom stereocenters. The van der Waals surface area contributed by atoms with Gasteiger partial charge in [0.2, 0.25) is 0 Å². The third-order valence-corrected chi connectivity index (χ3v) is 3.71. The normalized spacial score (nSPS) is 15.4. The zero-order valence-electron chi connectivity index (χ0n) is 12.3. The number of rotatable bonds is 2. The molecule has 1 aliphatic heterocycles. The molecular weight excluding hydrogens is 297 g/mol. The van der Waals surface area contributed by atoms with Crippen LogP contribution in [0.15, 0.2) is 12.1 Å². The molecule has 3 rings (SSSR count). The summed E-state index contributed by atoms with van der Waals surface area (Å²) in [5.74, 6) is -0.163. The number of nitrogens with zero attached hydrogens (tertiary/aromatic N) is 1. The molecule has 1 aromatic heterocycles. The third kappa shape index (κ3) is 2.39. The summed E-state index contributed by atoms with van der Waals surface area (Å²) in [5, 5.41) is 13.6. The topological polar surface area (TPSA) is 46.4 Å².